The minimum absolute atomic E-state index is 0.0794. The first-order valence-electron chi connectivity index (χ1n) is 7.76. The van der Waals surface area contributed by atoms with Gasteiger partial charge in [-0.25, -0.2) is 0 Å². The van der Waals surface area contributed by atoms with Crippen LogP contribution in [-0.4, -0.2) is 39.6 Å². The molecule has 1 amide bonds. The number of nitrogens with zero attached hydrogens (tertiary/aromatic N) is 1. The molecule has 2 fully saturated rings. The maximum absolute atomic E-state index is 12.7. The molecule has 5 heteroatoms. The largest absolute Gasteiger partial charge is 0.393 e. The number of hydrogen-bond acceptors (Lipinski definition) is 3. The molecule has 21 heavy (non-hydrogen) atoms. The number of aromatic amines is 1. The van der Waals surface area contributed by atoms with E-state index in [0.29, 0.717) is 6.54 Å². The van der Waals surface area contributed by atoms with E-state index >= 15 is 0 Å². The predicted octanol–water partition coefficient (Wildman–Crippen LogP) is 1.45. The molecule has 2 heterocycles. The van der Waals surface area contributed by atoms with Crippen LogP contribution in [0.3, 0.4) is 0 Å². The standard InChI is InChI=1S/C16H22N2O3/c1-10-8-15(20)12(9-17-10)16(21)18-7-3-5-13(18)11-4-2-6-14(11)19/h8-9,11,13-14,19H,2-7H2,1H3,(H,17,20). The van der Waals surface area contributed by atoms with E-state index in [1.165, 1.54) is 12.3 Å². The third kappa shape index (κ3) is 2.62. The van der Waals surface area contributed by atoms with Crippen LogP contribution in [0.25, 0.3) is 0 Å². The van der Waals surface area contributed by atoms with Crippen molar-refractivity contribution in [2.24, 2.45) is 5.92 Å². The summed E-state index contributed by atoms with van der Waals surface area (Å²) in [6, 6.07) is 1.54. The molecule has 2 N–H and O–H groups in total. The summed E-state index contributed by atoms with van der Waals surface area (Å²) in [5, 5.41) is 10.1. The second-order valence-electron chi connectivity index (χ2n) is 6.26. The van der Waals surface area contributed by atoms with Crippen LogP contribution in [0.4, 0.5) is 0 Å². The molecule has 3 unspecified atom stereocenters. The molecule has 0 radical (unpaired) electrons. The summed E-state index contributed by atoms with van der Waals surface area (Å²) in [5.74, 6) is -0.0289. The van der Waals surface area contributed by atoms with Crippen molar-refractivity contribution in [2.75, 3.05) is 6.54 Å². The zero-order chi connectivity index (χ0) is 15.0. The van der Waals surface area contributed by atoms with Crippen molar-refractivity contribution < 1.29 is 9.90 Å². The van der Waals surface area contributed by atoms with Gasteiger partial charge in [-0.1, -0.05) is 6.42 Å². The second-order valence-corrected chi connectivity index (χ2v) is 6.26. The summed E-state index contributed by atoms with van der Waals surface area (Å²) < 4.78 is 0. The number of likely N-dealkylation sites (tertiary alicyclic amines) is 1. The van der Waals surface area contributed by atoms with E-state index < -0.39 is 0 Å². The third-order valence-electron chi connectivity index (χ3n) is 4.87. The topological polar surface area (TPSA) is 73.4 Å². The van der Waals surface area contributed by atoms with Gasteiger partial charge in [0.25, 0.3) is 5.91 Å². The number of hydrogen-bond donors (Lipinski definition) is 2. The van der Waals surface area contributed by atoms with E-state index in [1.54, 1.807) is 11.8 Å². The van der Waals surface area contributed by atoms with Gasteiger partial charge in [-0.3, -0.25) is 9.59 Å². The molecule has 1 saturated heterocycles. The van der Waals surface area contributed by atoms with Crippen molar-refractivity contribution in [3.05, 3.63) is 33.7 Å². The summed E-state index contributed by atoms with van der Waals surface area (Å²) in [4.78, 5) is 29.4. The van der Waals surface area contributed by atoms with Crippen molar-refractivity contribution >= 4 is 5.91 Å². The number of H-pyrrole nitrogens is 1. The van der Waals surface area contributed by atoms with Crippen LogP contribution in [0.2, 0.25) is 0 Å². The number of aryl methyl sites for hydroxylation is 1. The monoisotopic (exact) mass is 290 g/mol. The normalized spacial score (nSPS) is 29.0. The van der Waals surface area contributed by atoms with Crippen molar-refractivity contribution in [3.63, 3.8) is 0 Å². The lowest BCUT2D eigenvalue weighted by atomic mass is 9.93. The fourth-order valence-corrected chi connectivity index (χ4v) is 3.80. The Hall–Kier alpha value is -1.62. The van der Waals surface area contributed by atoms with Gasteiger partial charge in [0, 0.05) is 36.5 Å². The average molecular weight is 290 g/mol. The maximum Gasteiger partial charge on any atom is 0.259 e. The number of amides is 1. The Labute approximate surface area is 124 Å². The number of pyridine rings is 1. The molecule has 1 aromatic rings. The molecule has 1 saturated carbocycles. The Balaban J connectivity index is 1.84. The molecule has 0 aromatic carbocycles. The summed E-state index contributed by atoms with van der Waals surface area (Å²) in [6.45, 7) is 2.48. The average Bonchev–Trinajstić information content (AvgIpc) is 3.06. The van der Waals surface area contributed by atoms with Gasteiger partial charge in [-0.15, -0.1) is 0 Å². The van der Waals surface area contributed by atoms with E-state index in [4.69, 9.17) is 0 Å². The third-order valence-corrected chi connectivity index (χ3v) is 4.87. The molecule has 1 aromatic heterocycles. The number of aliphatic hydroxyl groups is 1. The Morgan fingerprint density at radius 1 is 1.33 bits per heavy atom. The number of rotatable bonds is 2. The van der Waals surface area contributed by atoms with Crippen LogP contribution in [0.5, 0.6) is 0 Å². The van der Waals surface area contributed by atoms with E-state index in [2.05, 4.69) is 4.98 Å². The van der Waals surface area contributed by atoms with Crippen LogP contribution in [0, 0.1) is 12.8 Å². The second kappa shape index (κ2) is 5.64. The van der Waals surface area contributed by atoms with Crippen LogP contribution in [0.15, 0.2) is 17.1 Å². The first-order chi connectivity index (χ1) is 10.1. The van der Waals surface area contributed by atoms with Gasteiger partial charge in [-0.2, -0.15) is 0 Å². The minimum Gasteiger partial charge on any atom is -0.393 e. The van der Waals surface area contributed by atoms with E-state index in [-0.39, 0.29) is 35.0 Å². The SMILES string of the molecule is Cc1cc(=O)c(C(=O)N2CCCC2C2CCCC2O)c[nH]1. The van der Waals surface area contributed by atoms with Crippen LogP contribution in [0.1, 0.15) is 48.2 Å². The quantitative estimate of drug-likeness (QED) is 0.866. The van der Waals surface area contributed by atoms with Gasteiger partial charge in [0.2, 0.25) is 0 Å². The molecule has 1 aliphatic heterocycles. The van der Waals surface area contributed by atoms with Crippen LogP contribution < -0.4 is 5.43 Å². The molecular formula is C16H22N2O3. The van der Waals surface area contributed by atoms with Crippen molar-refractivity contribution in [3.8, 4) is 0 Å². The summed E-state index contributed by atoms with van der Waals surface area (Å²) in [5.41, 5.74) is 0.731. The Bertz CT molecular complexity index is 595. The molecule has 2 aliphatic rings. The molecular weight excluding hydrogens is 268 g/mol. The van der Waals surface area contributed by atoms with Gasteiger partial charge in [0.05, 0.1) is 6.10 Å². The van der Waals surface area contributed by atoms with Crippen LogP contribution >= 0.6 is 0 Å². The van der Waals surface area contributed by atoms with E-state index in [9.17, 15) is 14.7 Å². The number of carbonyl (C=O) groups excluding carboxylic acids is 1. The summed E-state index contributed by atoms with van der Waals surface area (Å²) >= 11 is 0. The van der Waals surface area contributed by atoms with Crippen molar-refractivity contribution in [1.82, 2.24) is 9.88 Å². The molecule has 5 nitrogen and oxygen atoms in total. The molecule has 114 valence electrons. The van der Waals surface area contributed by atoms with Crippen molar-refractivity contribution in [2.45, 2.75) is 51.2 Å². The van der Waals surface area contributed by atoms with Gasteiger partial charge >= 0.3 is 0 Å². The van der Waals surface area contributed by atoms with E-state index in [0.717, 1.165) is 37.8 Å². The number of carbonyl (C=O) groups is 1. The maximum atomic E-state index is 12.7. The predicted molar refractivity (Wildman–Crippen MR) is 79.2 cm³/mol. The van der Waals surface area contributed by atoms with E-state index in [1.807, 2.05) is 0 Å². The molecule has 0 spiro atoms. The zero-order valence-corrected chi connectivity index (χ0v) is 12.3. The minimum atomic E-state index is -0.306. The zero-order valence-electron chi connectivity index (χ0n) is 12.3. The number of aromatic nitrogens is 1. The smallest absolute Gasteiger partial charge is 0.259 e. The van der Waals surface area contributed by atoms with Crippen LogP contribution in [-0.2, 0) is 0 Å². The van der Waals surface area contributed by atoms with Gasteiger partial charge in [-0.05, 0) is 32.6 Å². The van der Waals surface area contributed by atoms with Gasteiger partial charge in [0.1, 0.15) is 5.56 Å². The highest BCUT2D eigenvalue weighted by molar-refractivity contribution is 5.94. The molecule has 3 rings (SSSR count). The molecule has 3 atom stereocenters. The fourth-order valence-electron chi connectivity index (χ4n) is 3.80. The Morgan fingerprint density at radius 3 is 2.81 bits per heavy atom. The Morgan fingerprint density at radius 2 is 2.14 bits per heavy atom. The summed E-state index contributed by atoms with van der Waals surface area (Å²) in [7, 11) is 0. The molecule has 1 aliphatic carbocycles. The highest BCUT2D eigenvalue weighted by Gasteiger charge is 2.40. The van der Waals surface area contributed by atoms with Gasteiger partial charge < -0.3 is 15.0 Å². The fraction of sp³-hybridized carbons (Fsp3) is 0.625. The van der Waals surface area contributed by atoms with Crippen molar-refractivity contribution in [1.29, 1.82) is 0 Å². The molecule has 0 bridgehead atoms. The lowest BCUT2D eigenvalue weighted by Crippen LogP contribution is -2.43. The first kappa shape index (κ1) is 14.3. The Kier molecular flexibility index (Phi) is 3.85. The first-order valence-corrected chi connectivity index (χ1v) is 7.76. The lowest BCUT2D eigenvalue weighted by Gasteiger charge is -2.31. The lowest BCUT2D eigenvalue weighted by molar-refractivity contribution is 0.0526. The number of nitrogens with one attached hydrogen (secondary N) is 1. The van der Waals surface area contributed by atoms with Gasteiger partial charge in [0.15, 0.2) is 5.43 Å². The number of aliphatic hydroxyl groups excluding tert-OH is 1. The summed E-state index contributed by atoms with van der Waals surface area (Å²) in [6.07, 6.45) is 5.91. The highest BCUT2D eigenvalue weighted by atomic mass is 16.3. The highest BCUT2D eigenvalue weighted by Crippen LogP contribution is 2.36.